The van der Waals surface area contributed by atoms with Crippen LogP contribution in [0.4, 0.5) is 4.39 Å². The van der Waals surface area contributed by atoms with Crippen LogP contribution in [-0.4, -0.2) is 65.5 Å². The number of nitrogens with zero attached hydrogens (tertiary/aromatic N) is 1. The van der Waals surface area contributed by atoms with Gasteiger partial charge in [-0.2, -0.15) is 0 Å². The Labute approximate surface area is 98.1 Å². The van der Waals surface area contributed by atoms with E-state index in [0.717, 1.165) is 0 Å². The third-order valence-corrected chi connectivity index (χ3v) is 3.23. The van der Waals surface area contributed by atoms with Gasteiger partial charge in [-0.15, -0.1) is 0 Å². The minimum atomic E-state index is -1.06. The summed E-state index contributed by atoms with van der Waals surface area (Å²) in [7, 11) is 0. The number of fused-ring (bicyclic) bond motifs is 1. The Balaban J connectivity index is 2.01. The van der Waals surface area contributed by atoms with Crippen LogP contribution in [0.15, 0.2) is 4.99 Å². The van der Waals surface area contributed by atoms with Gasteiger partial charge in [0.05, 0.1) is 6.10 Å². The summed E-state index contributed by atoms with van der Waals surface area (Å²) in [5.41, 5.74) is 0. The first-order chi connectivity index (χ1) is 8.17. The number of aliphatic hydroxyl groups excluding tert-OH is 3. The molecule has 1 saturated carbocycles. The van der Waals surface area contributed by atoms with Crippen LogP contribution < -0.4 is 5.32 Å². The molecule has 2 rings (SSSR count). The maximum Gasteiger partial charge on any atom is 0.285 e. The van der Waals surface area contributed by atoms with Crippen molar-refractivity contribution in [2.24, 2.45) is 10.9 Å². The SMILES string of the molecule is OC[C@H]1C[C@H]2OC(NCCF)=N[C@H]2[C@@H](O)[C@@H]1O. The third-order valence-electron chi connectivity index (χ3n) is 3.23. The second-order valence-electron chi connectivity index (χ2n) is 4.36. The Morgan fingerprint density at radius 1 is 1.41 bits per heavy atom. The molecule has 0 aromatic rings. The molecule has 5 atom stereocenters. The normalized spacial score (nSPS) is 40.5. The van der Waals surface area contributed by atoms with Crippen LogP contribution in [0.25, 0.3) is 0 Å². The second-order valence-corrected chi connectivity index (χ2v) is 4.36. The van der Waals surface area contributed by atoms with E-state index in [-0.39, 0.29) is 25.3 Å². The largest absolute Gasteiger partial charge is 0.460 e. The summed E-state index contributed by atoms with van der Waals surface area (Å²) in [6.07, 6.45) is -2.01. The molecule has 0 aromatic carbocycles. The first-order valence-corrected chi connectivity index (χ1v) is 5.68. The van der Waals surface area contributed by atoms with Gasteiger partial charge in [0, 0.05) is 19.1 Å². The monoisotopic (exact) mass is 248 g/mol. The molecule has 1 aliphatic carbocycles. The predicted molar refractivity (Wildman–Crippen MR) is 57.3 cm³/mol. The first-order valence-electron chi connectivity index (χ1n) is 5.68. The van der Waals surface area contributed by atoms with Gasteiger partial charge in [-0.25, -0.2) is 9.38 Å². The van der Waals surface area contributed by atoms with Gasteiger partial charge in [0.2, 0.25) is 0 Å². The van der Waals surface area contributed by atoms with Crippen molar-refractivity contribution in [3.8, 4) is 0 Å². The summed E-state index contributed by atoms with van der Waals surface area (Å²) in [5.74, 6) is -0.415. The summed E-state index contributed by atoms with van der Waals surface area (Å²) in [5, 5.41) is 31.3. The van der Waals surface area contributed by atoms with E-state index in [0.29, 0.717) is 6.42 Å². The highest BCUT2D eigenvalue weighted by atomic mass is 19.1. The van der Waals surface area contributed by atoms with Gasteiger partial charge in [-0.1, -0.05) is 0 Å². The molecule has 1 fully saturated rings. The molecule has 98 valence electrons. The van der Waals surface area contributed by atoms with Crippen molar-refractivity contribution < 1.29 is 24.4 Å². The molecule has 17 heavy (non-hydrogen) atoms. The number of rotatable bonds is 3. The maximum atomic E-state index is 12.0. The van der Waals surface area contributed by atoms with E-state index in [1.807, 2.05) is 0 Å². The summed E-state index contributed by atoms with van der Waals surface area (Å²) < 4.78 is 17.4. The number of nitrogens with one attached hydrogen (secondary N) is 1. The fraction of sp³-hybridized carbons (Fsp3) is 0.900. The molecule has 0 bridgehead atoms. The summed E-state index contributed by atoms with van der Waals surface area (Å²) in [6, 6.07) is -0.350. The molecule has 0 amide bonds. The predicted octanol–water partition coefficient (Wildman–Crippen LogP) is -1.60. The van der Waals surface area contributed by atoms with Crippen molar-refractivity contribution >= 4 is 6.02 Å². The highest BCUT2D eigenvalue weighted by Gasteiger charge is 2.47. The molecule has 0 saturated heterocycles. The van der Waals surface area contributed by atoms with Crippen LogP contribution in [0, 0.1) is 5.92 Å². The lowest BCUT2D eigenvalue weighted by atomic mass is 9.80. The first kappa shape index (κ1) is 12.5. The molecule has 7 heteroatoms. The summed E-state index contributed by atoms with van der Waals surface area (Å²) in [6.45, 7) is -0.652. The number of ether oxygens (including phenoxy) is 1. The lowest BCUT2D eigenvalue weighted by Crippen LogP contribution is -2.52. The molecular formula is C10H17FN2O4. The maximum absolute atomic E-state index is 12.0. The van der Waals surface area contributed by atoms with Gasteiger partial charge in [0.15, 0.2) is 0 Å². The third kappa shape index (κ3) is 2.36. The van der Waals surface area contributed by atoms with Crippen LogP contribution in [0.3, 0.4) is 0 Å². The highest BCUT2D eigenvalue weighted by Crippen LogP contribution is 2.32. The van der Waals surface area contributed by atoms with Gasteiger partial charge in [-0.05, 0) is 6.42 Å². The number of halogens is 1. The lowest BCUT2D eigenvalue weighted by molar-refractivity contribution is -0.0948. The second kappa shape index (κ2) is 5.16. The van der Waals surface area contributed by atoms with Crippen LogP contribution in [0.5, 0.6) is 0 Å². The van der Waals surface area contributed by atoms with E-state index >= 15 is 0 Å². The molecule has 0 radical (unpaired) electrons. The van der Waals surface area contributed by atoms with Crippen molar-refractivity contribution in [2.45, 2.75) is 30.8 Å². The molecule has 0 unspecified atom stereocenters. The van der Waals surface area contributed by atoms with Crippen LogP contribution in [0.1, 0.15) is 6.42 Å². The fourth-order valence-electron chi connectivity index (χ4n) is 2.29. The number of alkyl halides is 1. The molecular weight excluding hydrogens is 231 g/mol. The average molecular weight is 248 g/mol. The zero-order chi connectivity index (χ0) is 12.4. The van der Waals surface area contributed by atoms with Crippen molar-refractivity contribution in [1.29, 1.82) is 0 Å². The zero-order valence-electron chi connectivity index (χ0n) is 9.29. The number of hydrogen-bond acceptors (Lipinski definition) is 6. The standard InChI is InChI=1S/C10H17FN2O4/c11-1-2-12-10-13-7-6(17-10)3-5(4-14)8(15)9(7)16/h5-9,14-16H,1-4H2,(H,12,13)/t5-,6-,7-,8-,9-/m1/s1. The van der Waals surface area contributed by atoms with Crippen molar-refractivity contribution in [3.63, 3.8) is 0 Å². The van der Waals surface area contributed by atoms with Crippen LogP contribution in [-0.2, 0) is 4.74 Å². The van der Waals surface area contributed by atoms with Gasteiger partial charge in [-0.3, -0.25) is 0 Å². The molecule has 1 heterocycles. The zero-order valence-corrected chi connectivity index (χ0v) is 9.29. The van der Waals surface area contributed by atoms with Crippen molar-refractivity contribution in [1.82, 2.24) is 5.32 Å². The van der Waals surface area contributed by atoms with Gasteiger partial charge >= 0.3 is 0 Å². The number of aliphatic imine (C=N–C) groups is 1. The fourth-order valence-corrected chi connectivity index (χ4v) is 2.29. The van der Waals surface area contributed by atoms with Crippen LogP contribution >= 0.6 is 0 Å². The highest BCUT2D eigenvalue weighted by molar-refractivity contribution is 5.75. The van der Waals surface area contributed by atoms with Crippen LogP contribution in [0.2, 0.25) is 0 Å². The van der Waals surface area contributed by atoms with E-state index in [1.54, 1.807) is 0 Å². The van der Waals surface area contributed by atoms with E-state index in [4.69, 9.17) is 9.84 Å². The minimum absolute atomic E-state index is 0.0976. The van der Waals surface area contributed by atoms with Crippen molar-refractivity contribution in [2.75, 3.05) is 19.8 Å². The van der Waals surface area contributed by atoms with E-state index < -0.39 is 30.8 Å². The number of hydrogen-bond donors (Lipinski definition) is 4. The topological polar surface area (TPSA) is 94.3 Å². The minimum Gasteiger partial charge on any atom is -0.460 e. The van der Waals surface area contributed by atoms with E-state index in [2.05, 4.69) is 10.3 Å². The quantitative estimate of drug-likeness (QED) is 0.483. The van der Waals surface area contributed by atoms with Gasteiger partial charge < -0.3 is 25.4 Å². The summed E-state index contributed by atoms with van der Waals surface area (Å²) in [4.78, 5) is 4.07. The molecule has 0 aromatic heterocycles. The van der Waals surface area contributed by atoms with Gasteiger partial charge in [0.1, 0.15) is 24.9 Å². The van der Waals surface area contributed by atoms with Gasteiger partial charge in [0.25, 0.3) is 6.02 Å². The smallest absolute Gasteiger partial charge is 0.285 e. The van der Waals surface area contributed by atoms with Crippen molar-refractivity contribution in [3.05, 3.63) is 0 Å². The lowest BCUT2D eigenvalue weighted by Gasteiger charge is -2.36. The Bertz CT molecular complexity index is 302. The Hall–Kier alpha value is -0.920. The van der Waals surface area contributed by atoms with E-state index in [1.165, 1.54) is 0 Å². The number of amidine groups is 1. The molecule has 6 nitrogen and oxygen atoms in total. The average Bonchev–Trinajstić information content (AvgIpc) is 2.74. The molecule has 0 spiro atoms. The Kier molecular flexibility index (Phi) is 3.80. The van der Waals surface area contributed by atoms with E-state index in [9.17, 15) is 14.6 Å². The Morgan fingerprint density at radius 3 is 2.82 bits per heavy atom. The molecule has 2 aliphatic rings. The Morgan fingerprint density at radius 2 is 2.18 bits per heavy atom. The summed E-state index contributed by atoms with van der Waals surface area (Å²) >= 11 is 0. The molecule has 4 N–H and O–H groups in total. The molecule has 1 aliphatic heterocycles. The number of aliphatic hydroxyl groups is 3.